The first kappa shape index (κ1) is 16.5. The lowest BCUT2D eigenvalue weighted by atomic mass is 9.89. The van der Waals surface area contributed by atoms with Gasteiger partial charge in [0.25, 0.3) is 0 Å². The molecule has 0 saturated heterocycles. The van der Waals surface area contributed by atoms with Crippen molar-refractivity contribution >= 4 is 11.6 Å². The third-order valence-corrected chi connectivity index (χ3v) is 3.83. The maximum Gasteiger partial charge on any atom is 0.124 e. The Morgan fingerprint density at radius 3 is 2.37 bits per heavy atom. The second-order valence-corrected chi connectivity index (χ2v) is 6.93. The first-order valence-electron chi connectivity index (χ1n) is 6.88. The molecule has 0 fully saturated rings. The van der Waals surface area contributed by atoms with Gasteiger partial charge >= 0.3 is 0 Å². The molecule has 0 heterocycles. The molecule has 0 aliphatic heterocycles. The summed E-state index contributed by atoms with van der Waals surface area (Å²) in [6.45, 7) is 11.9. The van der Waals surface area contributed by atoms with Gasteiger partial charge in [-0.3, -0.25) is 0 Å². The van der Waals surface area contributed by atoms with Gasteiger partial charge in [0.1, 0.15) is 5.82 Å². The van der Waals surface area contributed by atoms with Gasteiger partial charge in [-0.2, -0.15) is 0 Å². The van der Waals surface area contributed by atoms with Crippen LogP contribution in [0.4, 0.5) is 4.39 Å². The van der Waals surface area contributed by atoms with Crippen LogP contribution in [0.5, 0.6) is 0 Å². The molecule has 1 N–H and O–H groups in total. The number of nitrogens with one attached hydrogen (secondary N) is 1. The van der Waals surface area contributed by atoms with Crippen molar-refractivity contribution in [3.8, 4) is 0 Å². The molecule has 19 heavy (non-hydrogen) atoms. The molecule has 3 heteroatoms. The molecule has 1 aromatic carbocycles. The van der Waals surface area contributed by atoms with E-state index in [1.807, 2.05) is 0 Å². The minimum atomic E-state index is -0.274. The van der Waals surface area contributed by atoms with Gasteiger partial charge in [0.15, 0.2) is 0 Å². The predicted octanol–water partition coefficient (Wildman–Crippen LogP) is 4.68. The maximum absolute atomic E-state index is 13.0. The average Bonchev–Trinajstić information content (AvgIpc) is 2.28. The summed E-state index contributed by atoms with van der Waals surface area (Å²) in [7, 11) is 0. The molecule has 1 rings (SSSR count). The van der Waals surface area contributed by atoms with Crippen molar-refractivity contribution in [3.63, 3.8) is 0 Å². The Morgan fingerprint density at radius 2 is 1.84 bits per heavy atom. The smallest absolute Gasteiger partial charge is 0.124 e. The standard InChI is InChI=1S/C16H25ClFN/c1-11(12(2)10-19-16(3,4)5)8-13-6-7-14(18)9-15(13)17/h6-7,9,11-12,19H,8,10H2,1-5H3. The Kier molecular flexibility index (Phi) is 5.82. The highest BCUT2D eigenvalue weighted by Crippen LogP contribution is 2.23. The molecule has 0 spiro atoms. The number of benzene rings is 1. The summed E-state index contributed by atoms with van der Waals surface area (Å²) in [6.07, 6.45) is 0.881. The van der Waals surface area contributed by atoms with E-state index in [9.17, 15) is 4.39 Å². The summed E-state index contributed by atoms with van der Waals surface area (Å²) < 4.78 is 13.0. The SMILES string of the molecule is CC(CNC(C)(C)C)C(C)Cc1ccc(F)cc1Cl. The van der Waals surface area contributed by atoms with E-state index < -0.39 is 0 Å². The van der Waals surface area contributed by atoms with Gasteiger partial charge in [-0.15, -0.1) is 0 Å². The second kappa shape index (κ2) is 6.71. The van der Waals surface area contributed by atoms with Gasteiger partial charge in [0.2, 0.25) is 0 Å². The summed E-state index contributed by atoms with van der Waals surface area (Å²) in [5.74, 6) is 0.766. The largest absolute Gasteiger partial charge is 0.312 e. The van der Waals surface area contributed by atoms with Crippen LogP contribution in [0.1, 0.15) is 40.2 Å². The molecule has 2 atom stereocenters. The van der Waals surface area contributed by atoms with Crippen molar-refractivity contribution in [2.75, 3.05) is 6.54 Å². The fraction of sp³-hybridized carbons (Fsp3) is 0.625. The van der Waals surface area contributed by atoms with E-state index in [4.69, 9.17) is 11.6 Å². The van der Waals surface area contributed by atoms with Crippen molar-refractivity contribution in [1.29, 1.82) is 0 Å². The molecule has 2 unspecified atom stereocenters. The van der Waals surface area contributed by atoms with Gasteiger partial charge in [0, 0.05) is 10.6 Å². The van der Waals surface area contributed by atoms with Crippen molar-refractivity contribution in [2.45, 2.75) is 46.6 Å². The van der Waals surface area contributed by atoms with Gasteiger partial charge in [-0.25, -0.2) is 4.39 Å². The quantitative estimate of drug-likeness (QED) is 0.828. The number of halogens is 2. The number of hydrogen-bond donors (Lipinski definition) is 1. The van der Waals surface area contributed by atoms with Crippen LogP contribution in [-0.4, -0.2) is 12.1 Å². The highest BCUT2D eigenvalue weighted by atomic mass is 35.5. The Bertz CT molecular complexity index is 412. The van der Waals surface area contributed by atoms with Crippen LogP contribution in [0.15, 0.2) is 18.2 Å². The summed E-state index contributed by atoms with van der Waals surface area (Å²) in [5, 5.41) is 4.05. The molecule has 0 radical (unpaired) electrons. The normalized spacial score (nSPS) is 15.3. The molecule has 1 nitrogen and oxygen atoms in total. The van der Waals surface area contributed by atoms with E-state index in [0.717, 1.165) is 18.5 Å². The molecule has 0 amide bonds. The van der Waals surface area contributed by atoms with Crippen molar-refractivity contribution in [3.05, 3.63) is 34.6 Å². The molecule has 0 aromatic heterocycles. The first-order chi connectivity index (χ1) is 8.69. The summed E-state index contributed by atoms with van der Waals surface area (Å²) in [5.41, 5.74) is 1.17. The van der Waals surface area contributed by atoms with Gasteiger partial charge in [0.05, 0.1) is 0 Å². The Hall–Kier alpha value is -0.600. The minimum Gasteiger partial charge on any atom is -0.312 e. The van der Waals surface area contributed by atoms with Crippen LogP contribution in [-0.2, 0) is 6.42 Å². The lowest BCUT2D eigenvalue weighted by Gasteiger charge is -2.27. The highest BCUT2D eigenvalue weighted by Gasteiger charge is 2.17. The Balaban J connectivity index is 2.56. The summed E-state index contributed by atoms with van der Waals surface area (Å²) >= 11 is 6.07. The van der Waals surface area contributed by atoms with Crippen LogP contribution in [0.25, 0.3) is 0 Å². The van der Waals surface area contributed by atoms with E-state index >= 15 is 0 Å². The van der Waals surface area contributed by atoms with Crippen LogP contribution in [0, 0.1) is 17.7 Å². The van der Waals surface area contributed by atoms with E-state index in [0.29, 0.717) is 16.9 Å². The van der Waals surface area contributed by atoms with Gasteiger partial charge in [-0.05, 0) is 63.3 Å². The van der Waals surface area contributed by atoms with Crippen molar-refractivity contribution in [2.24, 2.45) is 11.8 Å². The molecule has 0 aliphatic rings. The third-order valence-electron chi connectivity index (χ3n) is 3.48. The minimum absolute atomic E-state index is 0.140. The lowest BCUT2D eigenvalue weighted by Crippen LogP contribution is -2.40. The Labute approximate surface area is 121 Å². The fourth-order valence-electron chi connectivity index (χ4n) is 1.90. The molecule has 1 aromatic rings. The van der Waals surface area contributed by atoms with E-state index in [1.165, 1.54) is 12.1 Å². The van der Waals surface area contributed by atoms with E-state index in [2.05, 4.69) is 39.9 Å². The lowest BCUT2D eigenvalue weighted by molar-refractivity contribution is 0.317. The van der Waals surface area contributed by atoms with Crippen LogP contribution in [0.2, 0.25) is 5.02 Å². The second-order valence-electron chi connectivity index (χ2n) is 6.53. The monoisotopic (exact) mass is 285 g/mol. The number of hydrogen-bond acceptors (Lipinski definition) is 1. The fourth-order valence-corrected chi connectivity index (χ4v) is 2.15. The molecule has 0 bridgehead atoms. The molecule has 108 valence electrons. The molecular weight excluding hydrogens is 261 g/mol. The summed E-state index contributed by atoms with van der Waals surface area (Å²) in [6, 6.07) is 4.66. The van der Waals surface area contributed by atoms with Crippen molar-refractivity contribution in [1.82, 2.24) is 5.32 Å². The van der Waals surface area contributed by atoms with Gasteiger partial charge in [-0.1, -0.05) is 31.5 Å². The molecule has 0 aliphatic carbocycles. The van der Waals surface area contributed by atoms with E-state index in [1.54, 1.807) is 6.07 Å². The number of rotatable bonds is 5. The highest BCUT2D eigenvalue weighted by molar-refractivity contribution is 6.31. The van der Waals surface area contributed by atoms with Crippen LogP contribution < -0.4 is 5.32 Å². The average molecular weight is 286 g/mol. The predicted molar refractivity (Wildman–Crippen MR) is 81.2 cm³/mol. The maximum atomic E-state index is 13.0. The topological polar surface area (TPSA) is 12.0 Å². The van der Waals surface area contributed by atoms with Crippen LogP contribution >= 0.6 is 11.6 Å². The van der Waals surface area contributed by atoms with Crippen molar-refractivity contribution < 1.29 is 4.39 Å². The zero-order chi connectivity index (χ0) is 14.6. The zero-order valence-corrected chi connectivity index (χ0v) is 13.3. The Morgan fingerprint density at radius 1 is 1.21 bits per heavy atom. The van der Waals surface area contributed by atoms with E-state index in [-0.39, 0.29) is 11.4 Å². The third kappa shape index (κ3) is 5.92. The first-order valence-corrected chi connectivity index (χ1v) is 7.26. The molecule has 0 saturated carbocycles. The zero-order valence-electron chi connectivity index (χ0n) is 12.6. The van der Waals surface area contributed by atoms with Gasteiger partial charge < -0.3 is 5.32 Å². The van der Waals surface area contributed by atoms with Crippen LogP contribution in [0.3, 0.4) is 0 Å². The summed E-state index contributed by atoms with van der Waals surface area (Å²) in [4.78, 5) is 0. The molecular formula is C16H25ClFN.